The summed E-state index contributed by atoms with van der Waals surface area (Å²) in [7, 11) is -3.34. The summed E-state index contributed by atoms with van der Waals surface area (Å²) >= 11 is 0. The monoisotopic (exact) mass is 370 g/mol. The van der Waals surface area contributed by atoms with Gasteiger partial charge in [-0.15, -0.1) is 0 Å². The zero-order chi connectivity index (χ0) is 18.0. The Morgan fingerprint density at radius 3 is 2.19 bits per heavy atom. The molecule has 4 rings (SSSR count). The highest BCUT2D eigenvalue weighted by Gasteiger charge is 2.38. The minimum atomic E-state index is -3.34. The van der Waals surface area contributed by atoms with E-state index in [9.17, 15) is 8.42 Å². The van der Waals surface area contributed by atoms with Crippen LogP contribution in [-0.2, 0) is 10.0 Å². The molecule has 138 valence electrons. The Labute approximate surface area is 156 Å². The van der Waals surface area contributed by atoms with Gasteiger partial charge < -0.3 is 5.32 Å². The smallest absolute Gasteiger partial charge is 0.243 e. The van der Waals surface area contributed by atoms with Gasteiger partial charge in [0.05, 0.1) is 4.90 Å². The second-order valence-corrected chi connectivity index (χ2v) is 9.37. The lowest BCUT2D eigenvalue weighted by Crippen LogP contribution is -2.41. The Hall–Kier alpha value is -1.69. The Balaban J connectivity index is 1.25. The summed E-state index contributed by atoms with van der Waals surface area (Å²) in [5.74, 6) is 1.21. The topological polar surface area (TPSA) is 49.4 Å². The summed E-state index contributed by atoms with van der Waals surface area (Å²) in [5.41, 5.74) is 1.42. The molecule has 0 amide bonds. The fraction of sp³-hybridized carbons (Fsp3) is 0.429. The Kier molecular flexibility index (Phi) is 5.11. The van der Waals surface area contributed by atoms with E-state index in [4.69, 9.17) is 0 Å². The molecule has 1 aliphatic carbocycles. The quantitative estimate of drug-likeness (QED) is 0.849. The number of piperidine rings is 1. The third-order valence-corrected chi connectivity index (χ3v) is 7.55. The van der Waals surface area contributed by atoms with Crippen molar-refractivity contribution in [2.75, 3.05) is 19.6 Å². The molecule has 0 aromatic heterocycles. The molecule has 4 nitrogen and oxygen atoms in total. The van der Waals surface area contributed by atoms with E-state index in [-0.39, 0.29) is 0 Å². The normalized spacial score (nSPS) is 24.5. The lowest BCUT2D eigenvalue weighted by Gasteiger charge is -2.31. The van der Waals surface area contributed by atoms with Crippen LogP contribution in [0.25, 0.3) is 0 Å². The van der Waals surface area contributed by atoms with Gasteiger partial charge in [0.1, 0.15) is 0 Å². The van der Waals surface area contributed by atoms with Gasteiger partial charge in [-0.25, -0.2) is 8.42 Å². The van der Waals surface area contributed by atoms with Gasteiger partial charge in [0.15, 0.2) is 0 Å². The van der Waals surface area contributed by atoms with Gasteiger partial charge in [-0.05, 0) is 49.4 Å². The number of benzene rings is 2. The van der Waals surface area contributed by atoms with Crippen LogP contribution >= 0.6 is 0 Å². The molecule has 2 aromatic carbocycles. The highest BCUT2D eigenvalue weighted by atomic mass is 32.2. The zero-order valence-corrected chi connectivity index (χ0v) is 15.7. The molecule has 0 radical (unpaired) electrons. The minimum absolute atomic E-state index is 0.403. The lowest BCUT2D eigenvalue weighted by molar-refractivity contribution is 0.266. The molecule has 2 fully saturated rings. The summed E-state index contributed by atoms with van der Waals surface area (Å²) < 4.78 is 27.0. The van der Waals surface area contributed by atoms with E-state index < -0.39 is 10.0 Å². The lowest BCUT2D eigenvalue weighted by atomic mass is 9.98. The van der Waals surface area contributed by atoms with Crippen molar-refractivity contribution in [3.05, 3.63) is 66.2 Å². The maximum atomic E-state index is 12.7. The van der Waals surface area contributed by atoms with Crippen molar-refractivity contribution in [3.63, 3.8) is 0 Å². The first-order chi connectivity index (χ1) is 12.6. The van der Waals surface area contributed by atoms with Crippen LogP contribution < -0.4 is 5.32 Å². The van der Waals surface area contributed by atoms with Gasteiger partial charge in [0.25, 0.3) is 0 Å². The molecule has 0 bridgehead atoms. The van der Waals surface area contributed by atoms with Crippen molar-refractivity contribution in [3.8, 4) is 0 Å². The summed E-state index contributed by atoms with van der Waals surface area (Å²) in [4.78, 5) is 0.403. The van der Waals surface area contributed by atoms with Crippen LogP contribution in [0.1, 0.15) is 30.7 Å². The molecule has 1 heterocycles. The molecule has 5 heteroatoms. The molecule has 2 atom stereocenters. The van der Waals surface area contributed by atoms with Crippen molar-refractivity contribution >= 4 is 10.0 Å². The number of sulfonamides is 1. The first-order valence-corrected chi connectivity index (χ1v) is 10.9. The number of nitrogens with zero attached hydrogens (tertiary/aromatic N) is 1. The van der Waals surface area contributed by atoms with Crippen LogP contribution in [0, 0.1) is 5.92 Å². The second kappa shape index (κ2) is 7.51. The van der Waals surface area contributed by atoms with E-state index in [1.807, 2.05) is 6.07 Å². The number of hydrogen-bond donors (Lipinski definition) is 1. The van der Waals surface area contributed by atoms with Crippen LogP contribution in [0.3, 0.4) is 0 Å². The van der Waals surface area contributed by atoms with E-state index in [0.29, 0.717) is 35.9 Å². The molecule has 1 N–H and O–H groups in total. The third kappa shape index (κ3) is 3.85. The van der Waals surface area contributed by atoms with Crippen LogP contribution in [0.5, 0.6) is 0 Å². The fourth-order valence-electron chi connectivity index (χ4n) is 3.90. The van der Waals surface area contributed by atoms with Crippen LogP contribution in [0.4, 0.5) is 0 Å². The molecule has 1 aliphatic heterocycles. The second-order valence-electron chi connectivity index (χ2n) is 7.43. The van der Waals surface area contributed by atoms with Crippen molar-refractivity contribution in [1.29, 1.82) is 0 Å². The SMILES string of the molecule is O=S(=O)(c1ccccc1)N1CCC(CNC2C[C@@H]2c2ccccc2)CC1. The van der Waals surface area contributed by atoms with Crippen molar-refractivity contribution in [1.82, 2.24) is 9.62 Å². The molecule has 1 saturated heterocycles. The van der Waals surface area contributed by atoms with E-state index in [0.717, 1.165) is 19.4 Å². The maximum absolute atomic E-state index is 12.7. The van der Waals surface area contributed by atoms with Crippen LogP contribution in [0.2, 0.25) is 0 Å². The molecule has 1 saturated carbocycles. The maximum Gasteiger partial charge on any atom is 0.243 e. The Morgan fingerprint density at radius 1 is 0.923 bits per heavy atom. The first kappa shape index (κ1) is 17.7. The summed E-state index contributed by atoms with van der Waals surface area (Å²) in [6.07, 6.45) is 3.08. The number of hydrogen-bond acceptors (Lipinski definition) is 3. The van der Waals surface area contributed by atoms with E-state index in [2.05, 4.69) is 35.6 Å². The van der Waals surface area contributed by atoms with E-state index >= 15 is 0 Å². The van der Waals surface area contributed by atoms with Crippen molar-refractivity contribution in [2.24, 2.45) is 5.92 Å². The molecule has 0 spiro atoms. The zero-order valence-electron chi connectivity index (χ0n) is 14.9. The third-order valence-electron chi connectivity index (χ3n) is 5.64. The predicted octanol–water partition coefficient (Wildman–Crippen LogP) is 3.23. The molecular formula is C21H26N2O2S. The Bertz CT molecular complexity index is 816. The number of nitrogens with one attached hydrogen (secondary N) is 1. The van der Waals surface area contributed by atoms with Crippen LogP contribution in [0.15, 0.2) is 65.6 Å². The van der Waals surface area contributed by atoms with Crippen molar-refractivity contribution in [2.45, 2.75) is 36.1 Å². The van der Waals surface area contributed by atoms with Gasteiger partial charge >= 0.3 is 0 Å². The Morgan fingerprint density at radius 2 is 1.54 bits per heavy atom. The molecular weight excluding hydrogens is 344 g/mol. The predicted molar refractivity (Wildman–Crippen MR) is 104 cm³/mol. The number of rotatable bonds is 6. The molecule has 2 aliphatic rings. The molecule has 26 heavy (non-hydrogen) atoms. The highest BCUT2D eigenvalue weighted by Crippen LogP contribution is 2.40. The summed E-state index contributed by atoms with van der Waals surface area (Å²) in [6, 6.07) is 20.0. The first-order valence-electron chi connectivity index (χ1n) is 9.48. The van der Waals surface area contributed by atoms with Crippen LogP contribution in [-0.4, -0.2) is 38.4 Å². The average Bonchev–Trinajstić information content (AvgIpc) is 3.48. The standard InChI is InChI=1S/C21H26N2O2S/c24-26(25,19-9-5-2-6-10-19)23-13-11-17(12-14-23)16-22-21-15-20(21)18-7-3-1-4-8-18/h1-10,17,20-22H,11-16H2/t20-,21?/m1/s1. The van der Waals surface area contributed by atoms with Gasteiger partial charge in [0, 0.05) is 25.0 Å². The molecule has 2 aromatic rings. The average molecular weight is 371 g/mol. The van der Waals surface area contributed by atoms with E-state index in [1.54, 1.807) is 28.6 Å². The molecule has 1 unspecified atom stereocenters. The fourth-order valence-corrected chi connectivity index (χ4v) is 5.39. The van der Waals surface area contributed by atoms with Gasteiger partial charge in [0.2, 0.25) is 10.0 Å². The van der Waals surface area contributed by atoms with Crippen molar-refractivity contribution < 1.29 is 8.42 Å². The van der Waals surface area contributed by atoms with Gasteiger partial charge in [-0.1, -0.05) is 48.5 Å². The minimum Gasteiger partial charge on any atom is -0.313 e. The van der Waals surface area contributed by atoms with E-state index in [1.165, 1.54) is 12.0 Å². The largest absolute Gasteiger partial charge is 0.313 e. The highest BCUT2D eigenvalue weighted by molar-refractivity contribution is 7.89. The van der Waals surface area contributed by atoms with Gasteiger partial charge in [-0.3, -0.25) is 0 Å². The summed E-state index contributed by atoms with van der Waals surface area (Å²) in [6.45, 7) is 2.24. The summed E-state index contributed by atoms with van der Waals surface area (Å²) in [5, 5.41) is 3.69. The van der Waals surface area contributed by atoms with Gasteiger partial charge in [-0.2, -0.15) is 4.31 Å².